The molecule has 2 rings (SSSR count). The lowest BCUT2D eigenvalue weighted by Crippen LogP contribution is -2.50. The number of anilines is 1. The zero-order valence-corrected chi connectivity index (χ0v) is 15.3. The number of aliphatic carboxylic acids is 1. The summed E-state index contributed by atoms with van der Waals surface area (Å²) in [4.78, 5) is 37.8. The van der Waals surface area contributed by atoms with Crippen molar-refractivity contribution in [3.8, 4) is 0 Å². The summed E-state index contributed by atoms with van der Waals surface area (Å²) in [7, 11) is 0. The van der Waals surface area contributed by atoms with Gasteiger partial charge in [-0.1, -0.05) is 32.0 Å². The van der Waals surface area contributed by atoms with E-state index in [9.17, 15) is 19.5 Å². The van der Waals surface area contributed by atoms with Crippen molar-refractivity contribution in [3.63, 3.8) is 0 Å². The van der Waals surface area contributed by atoms with Crippen molar-refractivity contribution in [2.45, 2.75) is 39.2 Å². The van der Waals surface area contributed by atoms with Gasteiger partial charge >= 0.3 is 12.0 Å². The maximum absolute atomic E-state index is 12.5. The molecule has 1 aromatic rings. The Morgan fingerprint density at radius 3 is 2.54 bits per heavy atom. The summed E-state index contributed by atoms with van der Waals surface area (Å²) in [5.74, 6) is -1.55. The second-order valence-electron chi connectivity index (χ2n) is 7.11. The van der Waals surface area contributed by atoms with Gasteiger partial charge in [0.25, 0.3) is 0 Å². The fourth-order valence-corrected chi connectivity index (χ4v) is 3.08. The molecule has 0 aromatic heterocycles. The Bertz CT molecular complexity index is 633. The van der Waals surface area contributed by atoms with E-state index >= 15 is 0 Å². The molecule has 1 heterocycles. The van der Waals surface area contributed by atoms with Crippen molar-refractivity contribution in [1.82, 2.24) is 10.2 Å². The molecular weight excluding hydrogens is 334 g/mol. The molecule has 1 aliphatic rings. The summed E-state index contributed by atoms with van der Waals surface area (Å²) in [6, 6.07) is 8.00. The van der Waals surface area contributed by atoms with Gasteiger partial charge in [-0.05, 0) is 37.3 Å². The molecule has 3 amide bonds. The Balaban J connectivity index is 1.92. The molecule has 1 unspecified atom stereocenters. The van der Waals surface area contributed by atoms with E-state index in [1.165, 1.54) is 0 Å². The average molecular weight is 361 g/mol. The van der Waals surface area contributed by atoms with Crippen LogP contribution in [0.15, 0.2) is 30.3 Å². The highest BCUT2D eigenvalue weighted by molar-refractivity contribution is 5.90. The zero-order valence-electron chi connectivity index (χ0n) is 15.3. The molecule has 7 heteroatoms. The quantitative estimate of drug-likeness (QED) is 0.725. The molecule has 26 heavy (non-hydrogen) atoms. The number of rotatable bonds is 6. The largest absolute Gasteiger partial charge is 0.480 e. The van der Waals surface area contributed by atoms with E-state index in [4.69, 9.17) is 0 Å². The highest BCUT2D eigenvalue weighted by Gasteiger charge is 2.31. The van der Waals surface area contributed by atoms with Crippen LogP contribution in [0, 0.1) is 11.8 Å². The van der Waals surface area contributed by atoms with Crippen molar-refractivity contribution in [1.29, 1.82) is 0 Å². The molecule has 1 aliphatic heterocycles. The monoisotopic (exact) mass is 361 g/mol. The van der Waals surface area contributed by atoms with Crippen molar-refractivity contribution in [3.05, 3.63) is 30.3 Å². The number of carbonyl (C=O) groups is 3. The summed E-state index contributed by atoms with van der Waals surface area (Å²) in [5, 5.41) is 14.7. The lowest BCUT2D eigenvalue weighted by atomic mass is 9.96. The molecule has 0 aliphatic carbocycles. The first kappa shape index (κ1) is 19.8. The SMILES string of the molecule is CC(C)C[C@@H](NC(=O)C1CCCN(C(=O)Nc2ccccc2)C1)C(=O)O. The smallest absolute Gasteiger partial charge is 0.326 e. The third-order valence-electron chi connectivity index (χ3n) is 4.43. The number of amides is 3. The maximum Gasteiger partial charge on any atom is 0.326 e. The van der Waals surface area contributed by atoms with Crippen LogP contribution in [-0.2, 0) is 9.59 Å². The van der Waals surface area contributed by atoms with Gasteiger partial charge in [0.05, 0.1) is 5.92 Å². The van der Waals surface area contributed by atoms with E-state index in [-0.39, 0.29) is 23.8 Å². The third kappa shape index (κ3) is 5.75. The molecule has 3 N–H and O–H groups in total. The first-order valence-electron chi connectivity index (χ1n) is 9.01. The van der Waals surface area contributed by atoms with Gasteiger partial charge in [-0.2, -0.15) is 0 Å². The summed E-state index contributed by atoms with van der Waals surface area (Å²) in [6.07, 6.45) is 1.74. The Labute approximate surface area is 153 Å². The Kier molecular flexibility index (Phi) is 7.00. The maximum atomic E-state index is 12.5. The Hall–Kier alpha value is -2.57. The number of hydrogen-bond acceptors (Lipinski definition) is 3. The lowest BCUT2D eigenvalue weighted by molar-refractivity contribution is -0.143. The van der Waals surface area contributed by atoms with Crippen LogP contribution in [0.5, 0.6) is 0 Å². The fourth-order valence-electron chi connectivity index (χ4n) is 3.08. The second kappa shape index (κ2) is 9.22. The van der Waals surface area contributed by atoms with Crippen LogP contribution in [0.2, 0.25) is 0 Å². The van der Waals surface area contributed by atoms with Crippen molar-refractivity contribution in [2.75, 3.05) is 18.4 Å². The zero-order chi connectivity index (χ0) is 19.1. The van der Waals surface area contributed by atoms with Crippen LogP contribution in [0.3, 0.4) is 0 Å². The number of carbonyl (C=O) groups excluding carboxylic acids is 2. The number of urea groups is 1. The number of carboxylic acid groups (broad SMARTS) is 1. The first-order chi connectivity index (χ1) is 12.4. The lowest BCUT2D eigenvalue weighted by Gasteiger charge is -2.32. The van der Waals surface area contributed by atoms with Crippen LogP contribution in [-0.4, -0.2) is 47.0 Å². The van der Waals surface area contributed by atoms with Crippen molar-refractivity contribution < 1.29 is 19.5 Å². The Morgan fingerprint density at radius 2 is 1.92 bits per heavy atom. The summed E-state index contributed by atoms with van der Waals surface area (Å²) < 4.78 is 0. The molecule has 0 saturated carbocycles. The third-order valence-corrected chi connectivity index (χ3v) is 4.43. The predicted octanol–water partition coefficient (Wildman–Crippen LogP) is 2.55. The highest BCUT2D eigenvalue weighted by Crippen LogP contribution is 2.19. The molecule has 1 saturated heterocycles. The van der Waals surface area contributed by atoms with Crippen molar-refractivity contribution >= 4 is 23.6 Å². The number of benzene rings is 1. The predicted molar refractivity (Wildman–Crippen MR) is 98.8 cm³/mol. The minimum Gasteiger partial charge on any atom is -0.480 e. The van der Waals surface area contributed by atoms with Crippen LogP contribution in [0.25, 0.3) is 0 Å². The second-order valence-corrected chi connectivity index (χ2v) is 7.11. The number of carboxylic acids is 1. The van der Waals surface area contributed by atoms with Gasteiger partial charge in [-0.25, -0.2) is 9.59 Å². The van der Waals surface area contributed by atoms with E-state index in [1.807, 2.05) is 32.0 Å². The highest BCUT2D eigenvalue weighted by atomic mass is 16.4. The van der Waals surface area contributed by atoms with E-state index in [1.54, 1.807) is 17.0 Å². The number of likely N-dealkylation sites (tertiary alicyclic amines) is 1. The van der Waals surface area contributed by atoms with Crippen LogP contribution < -0.4 is 10.6 Å². The van der Waals surface area contributed by atoms with Crippen molar-refractivity contribution in [2.24, 2.45) is 11.8 Å². The van der Waals surface area contributed by atoms with Crippen LogP contribution in [0.1, 0.15) is 33.1 Å². The van der Waals surface area contributed by atoms with Gasteiger partial charge < -0.3 is 20.6 Å². The number of para-hydroxylation sites is 1. The molecule has 142 valence electrons. The Morgan fingerprint density at radius 1 is 1.23 bits per heavy atom. The topological polar surface area (TPSA) is 98.7 Å². The molecule has 1 aromatic carbocycles. The molecule has 0 bridgehead atoms. The number of hydrogen-bond donors (Lipinski definition) is 3. The first-order valence-corrected chi connectivity index (χ1v) is 9.01. The van der Waals surface area contributed by atoms with E-state index in [0.29, 0.717) is 38.0 Å². The normalized spacial score (nSPS) is 18.3. The summed E-state index contributed by atoms with van der Waals surface area (Å²) >= 11 is 0. The molecule has 7 nitrogen and oxygen atoms in total. The number of nitrogens with one attached hydrogen (secondary N) is 2. The van der Waals surface area contributed by atoms with E-state index < -0.39 is 12.0 Å². The molecule has 0 radical (unpaired) electrons. The van der Waals surface area contributed by atoms with Gasteiger partial charge in [-0.15, -0.1) is 0 Å². The number of nitrogens with zero attached hydrogens (tertiary/aromatic N) is 1. The summed E-state index contributed by atoms with van der Waals surface area (Å²) in [5.41, 5.74) is 0.701. The molecule has 0 spiro atoms. The molecule has 1 fully saturated rings. The summed E-state index contributed by atoms with van der Waals surface area (Å²) in [6.45, 7) is 4.70. The van der Waals surface area contributed by atoms with Gasteiger partial charge in [-0.3, -0.25) is 4.79 Å². The molecular formula is C19H27N3O4. The van der Waals surface area contributed by atoms with E-state index in [0.717, 1.165) is 0 Å². The minimum atomic E-state index is -1.03. The molecule has 2 atom stereocenters. The van der Waals surface area contributed by atoms with Crippen LogP contribution >= 0.6 is 0 Å². The van der Waals surface area contributed by atoms with Gasteiger partial charge in [0.1, 0.15) is 6.04 Å². The van der Waals surface area contributed by atoms with E-state index in [2.05, 4.69) is 10.6 Å². The van der Waals surface area contributed by atoms with Gasteiger partial charge in [0, 0.05) is 18.8 Å². The average Bonchev–Trinajstić information content (AvgIpc) is 2.61. The fraction of sp³-hybridized carbons (Fsp3) is 0.526. The minimum absolute atomic E-state index is 0.163. The number of piperidine rings is 1. The van der Waals surface area contributed by atoms with Gasteiger partial charge in [0.15, 0.2) is 0 Å². The standard InChI is InChI=1S/C19H27N3O4/c1-13(2)11-16(18(24)25)21-17(23)14-7-6-10-22(12-14)19(26)20-15-8-4-3-5-9-15/h3-5,8-9,13-14,16H,6-7,10-12H2,1-2H3,(H,20,26)(H,21,23)(H,24,25)/t14?,16-/m1/s1. The van der Waals surface area contributed by atoms with Crippen LogP contribution in [0.4, 0.5) is 10.5 Å². The van der Waals surface area contributed by atoms with Gasteiger partial charge in [0.2, 0.25) is 5.91 Å².